The SMILES string of the molecule is C[C@@H](NC(C)(C)C)C(=O)C1CCCCC1. The topological polar surface area (TPSA) is 29.1 Å². The molecule has 0 unspecified atom stereocenters. The predicted molar refractivity (Wildman–Crippen MR) is 63.9 cm³/mol. The van der Waals surface area contributed by atoms with Gasteiger partial charge in [-0.1, -0.05) is 19.3 Å². The summed E-state index contributed by atoms with van der Waals surface area (Å²) in [4.78, 5) is 12.1. The lowest BCUT2D eigenvalue weighted by Gasteiger charge is -2.29. The molecule has 1 fully saturated rings. The van der Waals surface area contributed by atoms with Crippen molar-refractivity contribution in [3.05, 3.63) is 0 Å². The van der Waals surface area contributed by atoms with Crippen LogP contribution in [0.4, 0.5) is 0 Å². The van der Waals surface area contributed by atoms with E-state index in [-0.39, 0.29) is 11.6 Å². The van der Waals surface area contributed by atoms with Gasteiger partial charge in [-0.2, -0.15) is 0 Å². The predicted octanol–water partition coefficient (Wildman–Crippen LogP) is 2.91. The van der Waals surface area contributed by atoms with Gasteiger partial charge in [-0.25, -0.2) is 0 Å². The molecule has 1 atom stereocenters. The number of ketones is 1. The van der Waals surface area contributed by atoms with Crippen LogP contribution in [-0.4, -0.2) is 17.4 Å². The molecule has 15 heavy (non-hydrogen) atoms. The third kappa shape index (κ3) is 4.33. The molecule has 0 saturated heterocycles. The average Bonchev–Trinajstić information content (AvgIpc) is 2.15. The number of hydrogen-bond donors (Lipinski definition) is 1. The summed E-state index contributed by atoms with van der Waals surface area (Å²) in [6, 6.07) is 0.00750. The highest BCUT2D eigenvalue weighted by atomic mass is 16.1. The molecule has 1 saturated carbocycles. The second kappa shape index (κ2) is 5.11. The number of carbonyl (C=O) groups is 1. The van der Waals surface area contributed by atoms with E-state index in [0.717, 1.165) is 12.8 Å². The Morgan fingerprint density at radius 3 is 2.20 bits per heavy atom. The summed E-state index contributed by atoms with van der Waals surface area (Å²) in [6.07, 6.45) is 5.99. The molecule has 0 bridgehead atoms. The Balaban J connectivity index is 2.44. The Morgan fingerprint density at radius 2 is 1.73 bits per heavy atom. The Hall–Kier alpha value is -0.370. The molecule has 0 spiro atoms. The van der Waals surface area contributed by atoms with E-state index in [9.17, 15) is 4.79 Å². The fraction of sp³-hybridized carbons (Fsp3) is 0.923. The maximum absolute atomic E-state index is 12.1. The van der Waals surface area contributed by atoms with Crippen LogP contribution >= 0.6 is 0 Å². The first-order valence-electron chi connectivity index (χ1n) is 6.21. The van der Waals surface area contributed by atoms with Gasteiger partial charge in [0.1, 0.15) is 0 Å². The molecule has 2 heteroatoms. The smallest absolute Gasteiger partial charge is 0.152 e. The summed E-state index contributed by atoms with van der Waals surface area (Å²) in [5.74, 6) is 0.744. The second-order valence-corrected chi connectivity index (χ2v) is 5.85. The molecular formula is C13H25NO. The van der Waals surface area contributed by atoms with Gasteiger partial charge in [-0.05, 0) is 40.5 Å². The van der Waals surface area contributed by atoms with Gasteiger partial charge in [0.05, 0.1) is 6.04 Å². The van der Waals surface area contributed by atoms with Crippen molar-refractivity contribution in [2.75, 3.05) is 0 Å². The standard InChI is InChI=1S/C13H25NO/c1-10(14-13(2,3)4)12(15)11-8-6-5-7-9-11/h10-11,14H,5-9H2,1-4H3/t10-/m1/s1. The molecule has 1 aliphatic rings. The van der Waals surface area contributed by atoms with Crippen molar-refractivity contribution in [2.45, 2.75) is 71.4 Å². The maximum atomic E-state index is 12.1. The normalized spacial score (nSPS) is 21.3. The van der Waals surface area contributed by atoms with Crippen molar-refractivity contribution >= 4 is 5.78 Å². The summed E-state index contributed by atoms with van der Waals surface area (Å²) in [7, 11) is 0. The van der Waals surface area contributed by atoms with Gasteiger partial charge in [-0.15, -0.1) is 0 Å². The van der Waals surface area contributed by atoms with Crippen LogP contribution < -0.4 is 5.32 Å². The van der Waals surface area contributed by atoms with E-state index >= 15 is 0 Å². The van der Waals surface area contributed by atoms with Gasteiger partial charge in [0.25, 0.3) is 0 Å². The summed E-state index contributed by atoms with van der Waals surface area (Å²) < 4.78 is 0. The Kier molecular flexibility index (Phi) is 4.32. The molecule has 1 N–H and O–H groups in total. The maximum Gasteiger partial charge on any atom is 0.152 e. The Morgan fingerprint density at radius 1 is 1.20 bits per heavy atom. The molecule has 0 aromatic heterocycles. The van der Waals surface area contributed by atoms with E-state index in [2.05, 4.69) is 26.1 Å². The highest BCUT2D eigenvalue weighted by Crippen LogP contribution is 2.25. The quantitative estimate of drug-likeness (QED) is 0.777. The van der Waals surface area contributed by atoms with Crippen molar-refractivity contribution in [2.24, 2.45) is 5.92 Å². The molecule has 2 nitrogen and oxygen atoms in total. The van der Waals surface area contributed by atoms with Crippen molar-refractivity contribution < 1.29 is 4.79 Å². The molecule has 0 aliphatic heterocycles. The lowest BCUT2D eigenvalue weighted by molar-refractivity contribution is -0.125. The minimum atomic E-state index is 0.00750. The first-order valence-corrected chi connectivity index (χ1v) is 6.21. The first-order chi connectivity index (χ1) is 6.90. The Bertz CT molecular complexity index is 211. The van der Waals surface area contributed by atoms with Crippen LogP contribution in [0.2, 0.25) is 0 Å². The zero-order valence-electron chi connectivity index (χ0n) is 10.6. The van der Waals surface area contributed by atoms with Gasteiger partial charge in [-0.3, -0.25) is 4.79 Å². The summed E-state index contributed by atoms with van der Waals surface area (Å²) in [6.45, 7) is 8.33. The molecule has 0 aromatic rings. The van der Waals surface area contributed by atoms with Crippen molar-refractivity contribution in [3.8, 4) is 0 Å². The summed E-state index contributed by atoms with van der Waals surface area (Å²) >= 11 is 0. The lowest BCUT2D eigenvalue weighted by atomic mass is 9.84. The molecule has 88 valence electrons. The molecule has 1 rings (SSSR count). The number of nitrogens with one attached hydrogen (secondary N) is 1. The number of carbonyl (C=O) groups excluding carboxylic acids is 1. The van der Waals surface area contributed by atoms with Crippen molar-refractivity contribution in [1.82, 2.24) is 5.32 Å². The third-order valence-electron chi connectivity index (χ3n) is 3.08. The minimum absolute atomic E-state index is 0.00750. The monoisotopic (exact) mass is 211 g/mol. The number of rotatable bonds is 3. The van der Waals surface area contributed by atoms with Crippen molar-refractivity contribution in [3.63, 3.8) is 0 Å². The molecule has 0 amide bonds. The van der Waals surface area contributed by atoms with E-state index in [1.165, 1.54) is 19.3 Å². The van der Waals surface area contributed by atoms with E-state index in [4.69, 9.17) is 0 Å². The Labute approximate surface area is 93.8 Å². The van der Waals surface area contributed by atoms with E-state index < -0.39 is 0 Å². The van der Waals surface area contributed by atoms with Crippen LogP contribution in [-0.2, 0) is 4.79 Å². The summed E-state index contributed by atoms with van der Waals surface area (Å²) in [5.41, 5.74) is 0.0315. The van der Waals surface area contributed by atoms with E-state index in [1.807, 2.05) is 6.92 Å². The van der Waals surface area contributed by atoms with Gasteiger partial charge in [0.15, 0.2) is 5.78 Å². The van der Waals surface area contributed by atoms with Crippen LogP contribution in [0, 0.1) is 5.92 Å². The molecule has 0 aromatic carbocycles. The summed E-state index contributed by atoms with van der Waals surface area (Å²) in [5, 5.41) is 3.37. The van der Waals surface area contributed by atoms with Gasteiger partial charge < -0.3 is 5.32 Å². The fourth-order valence-corrected chi connectivity index (χ4v) is 2.46. The van der Waals surface area contributed by atoms with Crippen LogP contribution in [0.15, 0.2) is 0 Å². The van der Waals surface area contributed by atoms with Crippen LogP contribution in [0.1, 0.15) is 59.8 Å². The van der Waals surface area contributed by atoms with E-state index in [1.54, 1.807) is 0 Å². The fourth-order valence-electron chi connectivity index (χ4n) is 2.46. The number of hydrogen-bond acceptors (Lipinski definition) is 2. The van der Waals surface area contributed by atoms with Crippen LogP contribution in [0.25, 0.3) is 0 Å². The van der Waals surface area contributed by atoms with Crippen molar-refractivity contribution in [1.29, 1.82) is 0 Å². The first kappa shape index (κ1) is 12.7. The van der Waals surface area contributed by atoms with Crippen LogP contribution in [0.5, 0.6) is 0 Å². The molecule has 1 aliphatic carbocycles. The average molecular weight is 211 g/mol. The van der Waals surface area contributed by atoms with Gasteiger partial charge in [0, 0.05) is 11.5 Å². The third-order valence-corrected chi connectivity index (χ3v) is 3.08. The van der Waals surface area contributed by atoms with Crippen LogP contribution in [0.3, 0.4) is 0 Å². The lowest BCUT2D eigenvalue weighted by Crippen LogP contribution is -2.48. The molecular weight excluding hydrogens is 186 g/mol. The zero-order valence-corrected chi connectivity index (χ0v) is 10.6. The van der Waals surface area contributed by atoms with Gasteiger partial charge >= 0.3 is 0 Å². The zero-order chi connectivity index (χ0) is 11.5. The largest absolute Gasteiger partial charge is 0.303 e. The second-order valence-electron chi connectivity index (χ2n) is 5.85. The molecule has 0 heterocycles. The number of Topliss-reactive ketones (excluding diaryl/α,β-unsaturated/α-hetero) is 1. The van der Waals surface area contributed by atoms with Gasteiger partial charge in [0.2, 0.25) is 0 Å². The highest BCUT2D eigenvalue weighted by molar-refractivity contribution is 5.86. The highest BCUT2D eigenvalue weighted by Gasteiger charge is 2.27. The molecule has 0 radical (unpaired) electrons. The van der Waals surface area contributed by atoms with E-state index in [0.29, 0.717) is 11.7 Å². The minimum Gasteiger partial charge on any atom is -0.303 e.